The Kier molecular flexibility index (Phi) is 4.46. The molecule has 1 heterocycles. The van der Waals surface area contributed by atoms with Crippen LogP contribution in [0.4, 0.5) is 5.82 Å². The molecule has 4 N–H and O–H groups in total. The van der Waals surface area contributed by atoms with Crippen LogP contribution < -0.4 is 16.4 Å². The first-order chi connectivity index (χ1) is 9.76. The fourth-order valence-electron chi connectivity index (χ4n) is 2.42. The molecule has 21 heavy (non-hydrogen) atoms. The van der Waals surface area contributed by atoms with Gasteiger partial charge in [0.1, 0.15) is 10.8 Å². The Morgan fingerprint density at radius 3 is 2.76 bits per heavy atom. The molecule has 114 valence electrons. The minimum atomic E-state index is -0.254. The van der Waals surface area contributed by atoms with Crippen LogP contribution in [0.5, 0.6) is 0 Å². The van der Waals surface area contributed by atoms with Gasteiger partial charge in [0, 0.05) is 11.2 Å². The summed E-state index contributed by atoms with van der Waals surface area (Å²) in [6.45, 7) is 5.98. The van der Waals surface area contributed by atoms with E-state index in [4.69, 9.17) is 18.0 Å². The molecule has 5 nitrogen and oxygen atoms in total. The second-order valence-electron chi connectivity index (χ2n) is 6.36. The van der Waals surface area contributed by atoms with Crippen LogP contribution in [0, 0.1) is 0 Å². The number of nitrogens with one attached hydrogen (secondary N) is 2. The lowest BCUT2D eigenvalue weighted by Gasteiger charge is -2.21. The highest BCUT2D eigenvalue weighted by Crippen LogP contribution is 2.25. The lowest BCUT2D eigenvalue weighted by Crippen LogP contribution is -2.43. The van der Waals surface area contributed by atoms with E-state index in [0.29, 0.717) is 16.4 Å². The fourth-order valence-corrected chi connectivity index (χ4v) is 2.58. The molecule has 0 bridgehead atoms. The molecule has 1 aliphatic rings. The van der Waals surface area contributed by atoms with Gasteiger partial charge in [0.05, 0.1) is 12.1 Å². The first-order valence-corrected chi connectivity index (χ1v) is 7.54. The van der Waals surface area contributed by atoms with E-state index in [1.165, 1.54) is 5.56 Å². The Morgan fingerprint density at radius 1 is 1.43 bits per heavy atom. The number of fused-ring (bicyclic) bond motifs is 1. The largest absolute Gasteiger partial charge is 0.389 e. The SMILES string of the molecule is CC(C)(C)NC(=O)CNc1nc2c(cc1C(N)=S)CCC2. The van der Waals surface area contributed by atoms with Gasteiger partial charge in [0.25, 0.3) is 0 Å². The number of hydrogen-bond acceptors (Lipinski definition) is 4. The number of aromatic nitrogens is 1. The van der Waals surface area contributed by atoms with E-state index >= 15 is 0 Å². The van der Waals surface area contributed by atoms with Gasteiger partial charge in [-0.15, -0.1) is 0 Å². The summed E-state index contributed by atoms with van der Waals surface area (Å²) in [6, 6.07) is 2.00. The molecule has 0 unspecified atom stereocenters. The van der Waals surface area contributed by atoms with Crippen molar-refractivity contribution in [2.45, 2.75) is 45.6 Å². The van der Waals surface area contributed by atoms with E-state index in [0.717, 1.165) is 25.0 Å². The van der Waals surface area contributed by atoms with E-state index in [1.54, 1.807) is 0 Å². The number of anilines is 1. The number of pyridine rings is 1. The van der Waals surface area contributed by atoms with Crippen LogP contribution >= 0.6 is 12.2 Å². The average Bonchev–Trinajstić information content (AvgIpc) is 2.79. The van der Waals surface area contributed by atoms with E-state index < -0.39 is 0 Å². The average molecular weight is 306 g/mol. The van der Waals surface area contributed by atoms with E-state index in [9.17, 15) is 4.79 Å². The maximum absolute atomic E-state index is 11.9. The lowest BCUT2D eigenvalue weighted by molar-refractivity contribution is -0.120. The standard InChI is InChI=1S/C15H22N4OS/c1-15(2,3)19-12(20)8-17-14-10(13(16)21)7-9-5-4-6-11(9)18-14/h7H,4-6,8H2,1-3H3,(H2,16,21)(H,17,18)(H,19,20). The lowest BCUT2D eigenvalue weighted by atomic mass is 10.1. The fraction of sp³-hybridized carbons (Fsp3) is 0.533. The van der Waals surface area contributed by atoms with Gasteiger partial charge in [-0.3, -0.25) is 4.79 Å². The second kappa shape index (κ2) is 5.97. The Morgan fingerprint density at radius 2 is 2.14 bits per heavy atom. The number of nitrogens with two attached hydrogens (primary N) is 1. The summed E-state index contributed by atoms with van der Waals surface area (Å²) < 4.78 is 0. The molecule has 0 saturated carbocycles. The van der Waals surface area contributed by atoms with E-state index in [2.05, 4.69) is 15.6 Å². The normalized spacial score (nSPS) is 13.7. The van der Waals surface area contributed by atoms with Crippen molar-refractivity contribution in [1.82, 2.24) is 10.3 Å². The smallest absolute Gasteiger partial charge is 0.239 e. The van der Waals surface area contributed by atoms with Crippen LogP contribution in [0.2, 0.25) is 0 Å². The monoisotopic (exact) mass is 306 g/mol. The molecule has 1 aromatic rings. The number of carbonyl (C=O) groups is 1. The Balaban J connectivity index is 2.12. The molecule has 1 aromatic heterocycles. The summed E-state index contributed by atoms with van der Waals surface area (Å²) in [5.41, 5.74) is 8.52. The Hall–Kier alpha value is -1.69. The molecule has 0 aromatic carbocycles. The molecule has 0 aliphatic heterocycles. The van der Waals surface area contributed by atoms with Crippen molar-refractivity contribution >= 4 is 28.9 Å². The van der Waals surface area contributed by atoms with E-state index in [1.807, 2.05) is 26.8 Å². The van der Waals surface area contributed by atoms with Crippen LogP contribution in [0.1, 0.15) is 44.0 Å². The third-order valence-corrected chi connectivity index (χ3v) is 3.47. The number of thiocarbonyl (C=S) groups is 1. The number of hydrogen-bond donors (Lipinski definition) is 3. The number of nitrogens with zero attached hydrogens (tertiary/aromatic N) is 1. The summed E-state index contributed by atoms with van der Waals surface area (Å²) in [5, 5.41) is 5.95. The number of aryl methyl sites for hydroxylation is 2. The maximum Gasteiger partial charge on any atom is 0.239 e. The molecular weight excluding hydrogens is 284 g/mol. The van der Waals surface area contributed by atoms with Crippen LogP contribution in [0.3, 0.4) is 0 Å². The van der Waals surface area contributed by atoms with Crippen molar-refractivity contribution in [3.8, 4) is 0 Å². The molecule has 2 rings (SSSR count). The first-order valence-electron chi connectivity index (χ1n) is 7.14. The maximum atomic E-state index is 11.9. The highest BCUT2D eigenvalue weighted by molar-refractivity contribution is 7.80. The predicted octanol–water partition coefficient (Wildman–Crippen LogP) is 1.53. The number of rotatable bonds is 4. The Bertz CT molecular complexity index is 578. The van der Waals surface area contributed by atoms with Crippen molar-refractivity contribution < 1.29 is 4.79 Å². The molecule has 6 heteroatoms. The van der Waals surface area contributed by atoms with Crippen LogP contribution in [0.25, 0.3) is 0 Å². The van der Waals surface area contributed by atoms with Crippen LogP contribution in [-0.4, -0.2) is 28.0 Å². The van der Waals surface area contributed by atoms with E-state index in [-0.39, 0.29) is 18.0 Å². The minimum Gasteiger partial charge on any atom is -0.389 e. The van der Waals surface area contributed by atoms with Crippen molar-refractivity contribution in [2.24, 2.45) is 5.73 Å². The first kappa shape index (κ1) is 15.7. The van der Waals surface area contributed by atoms with Crippen molar-refractivity contribution in [1.29, 1.82) is 0 Å². The molecule has 0 atom stereocenters. The topological polar surface area (TPSA) is 80.0 Å². The van der Waals surface area contributed by atoms with Crippen LogP contribution in [0.15, 0.2) is 6.07 Å². The van der Waals surface area contributed by atoms with Crippen molar-refractivity contribution in [2.75, 3.05) is 11.9 Å². The molecule has 1 aliphatic carbocycles. The molecule has 0 radical (unpaired) electrons. The van der Waals surface area contributed by atoms with Gasteiger partial charge in [0.2, 0.25) is 5.91 Å². The highest BCUT2D eigenvalue weighted by Gasteiger charge is 2.19. The zero-order valence-electron chi connectivity index (χ0n) is 12.7. The van der Waals surface area contributed by atoms with Gasteiger partial charge in [-0.2, -0.15) is 0 Å². The quantitative estimate of drug-likeness (QED) is 0.735. The van der Waals surface area contributed by atoms with Gasteiger partial charge < -0.3 is 16.4 Å². The van der Waals surface area contributed by atoms with Crippen molar-refractivity contribution in [3.63, 3.8) is 0 Å². The molecule has 0 saturated heterocycles. The second-order valence-corrected chi connectivity index (χ2v) is 6.80. The number of carbonyl (C=O) groups excluding carboxylic acids is 1. The molecule has 0 fully saturated rings. The summed E-state index contributed by atoms with van der Waals surface area (Å²) in [7, 11) is 0. The third kappa shape index (κ3) is 4.14. The van der Waals surface area contributed by atoms with Gasteiger partial charge in [-0.05, 0) is 51.7 Å². The van der Waals surface area contributed by atoms with Gasteiger partial charge >= 0.3 is 0 Å². The third-order valence-electron chi connectivity index (χ3n) is 3.25. The summed E-state index contributed by atoms with van der Waals surface area (Å²) in [5.74, 6) is 0.519. The zero-order valence-corrected chi connectivity index (χ0v) is 13.6. The molecule has 0 spiro atoms. The number of amides is 1. The van der Waals surface area contributed by atoms with Gasteiger partial charge in [-0.25, -0.2) is 4.98 Å². The minimum absolute atomic E-state index is 0.0845. The summed E-state index contributed by atoms with van der Waals surface area (Å²) >= 11 is 5.09. The zero-order chi connectivity index (χ0) is 15.6. The summed E-state index contributed by atoms with van der Waals surface area (Å²) in [6.07, 6.45) is 3.09. The summed E-state index contributed by atoms with van der Waals surface area (Å²) in [4.78, 5) is 16.8. The molecular formula is C15H22N4OS. The van der Waals surface area contributed by atoms with Crippen molar-refractivity contribution in [3.05, 3.63) is 22.9 Å². The Labute approximate surface area is 130 Å². The predicted molar refractivity (Wildman–Crippen MR) is 88.5 cm³/mol. The van der Waals surface area contributed by atoms with Gasteiger partial charge in [-0.1, -0.05) is 12.2 Å². The van der Waals surface area contributed by atoms with Crippen LogP contribution in [-0.2, 0) is 17.6 Å². The van der Waals surface area contributed by atoms with Gasteiger partial charge in [0.15, 0.2) is 0 Å². The molecule has 1 amide bonds. The highest BCUT2D eigenvalue weighted by atomic mass is 32.1.